The van der Waals surface area contributed by atoms with Gasteiger partial charge in [-0.1, -0.05) is 19.9 Å². The van der Waals surface area contributed by atoms with Gasteiger partial charge in [0.25, 0.3) is 0 Å². The maximum absolute atomic E-state index is 13.0. The molecule has 1 atom stereocenters. The molecule has 82 valence electrons. The Labute approximate surface area is 90.5 Å². The molecular weight excluding hydrogens is 189 g/mol. The molecule has 0 aromatic heterocycles. The van der Waals surface area contributed by atoms with Gasteiger partial charge in [0.15, 0.2) is 0 Å². The third-order valence-corrected chi connectivity index (χ3v) is 3.22. The quantitative estimate of drug-likeness (QED) is 0.792. The fourth-order valence-electron chi connectivity index (χ4n) is 2.69. The topological polar surface area (TPSA) is 26.0 Å². The zero-order valence-electron chi connectivity index (χ0n) is 9.39. The summed E-state index contributed by atoms with van der Waals surface area (Å²) in [7, 11) is 0. The molecule has 1 unspecified atom stereocenters. The molecule has 2 rings (SSSR count). The van der Waals surface area contributed by atoms with Crippen molar-refractivity contribution < 1.29 is 4.39 Å². The van der Waals surface area contributed by atoms with Crippen LogP contribution in [0.1, 0.15) is 37.8 Å². The van der Waals surface area contributed by atoms with E-state index in [-0.39, 0.29) is 11.4 Å². The van der Waals surface area contributed by atoms with E-state index >= 15 is 0 Å². The maximum Gasteiger partial charge on any atom is 0.123 e. The van der Waals surface area contributed by atoms with Crippen molar-refractivity contribution in [2.75, 3.05) is 0 Å². The first-order valence-electron chi connectivity index (χ1n) is 5.59. The number of benzene rings is 1. The summed E-state index contributed by atoms with van der Waals surface area (Å²) in [6, 6.07) is 5.01. The van der Waals surface area contributed by atoms with Gasteiger partial charge in [-0.3, -0.25) is 0 Å². The molecule has 1 aromatic rings. The maximum atomic E-state index is 13.0. The van der Waals surface area contributed by atoms with Crippen molar-refractivity contribution in [2.24, 2.45) is 11.7 Å². The number of fused-ring (bicyclic) bond motifs is 1. The van der Waals surface area contributed by atoms with Gasteiger partial charge in [-0.2, -0.15) is 0 Å². The summed E-state index contributed by atoms with van der Waals surface area (Å²) in [5.74, 6) is 0.425. The van der Waals surface area contributed by atoms with Crippen LogP contribution in [0.3, 0.4) is 0 Å². The molecule has 0 aliphatic heterocycles. The number of halogens is 1. The lowest BCUT2D eigenvalue weighted by molar-refractivity contribution is 0.348. The van der Waals surface area contributed by atoms with Crippen LogP contribution in [0.2, 0.25) is 0 Å². The van der Waals surface area contributed by atoms with Crippen LogP contribution in [0.25, 0.3) is 0 Å². The molecule has 0 fully saturated rings. The lowest BCUT2D eigenvalue weighted by Crippen LogP contribution is -2.35. The van der Waals surface area contributed by atoms with Crippen molar-refractivity contribution in [3.63, 3.8) is 0 Å². The highest BCUT2D eigenvalue weighted by molar-refractivity contribution is 5.38. The van der Waals surface area contributed by atoms with Gasteiger partial charge in [0.1, 0.15) is 5.82 Å². The number of aryl methyl sites for hydroxylation is 1. The van der Waals surface area contributed by atoms with Gasteiger partial charge in [0, 0.05) is 5.54 Å². The first-order valence-corrected chi connectivity index (χ1v) is 5.59. The van der Waals surface area contributed by atoms with Crippen molar-refractivity contribution in [1.29, 1.82) is 0 Å². The van der Waals surface area contributed by atoms with Crippen molar-refractivity contribution in [2.45, 2.75) is 38.6 Å². The molecule has 1 aliphatic rings. The molecule has 15 heavy (non-hydrogen) atoms. The standard InChI is InChI=1S/C13H18FN/c1-9(2)8-13(15)6-5-10-7-11(14)3-4-12(10)13/h3-4,7,9H,5-6,8,15H2,1-2H3. The fraction of sp³-hybridized carbons (Fsp3) is 0.538. The van der Waals surface area contributed by atoms with E-state index in [4.69, 9.17) is 5.73 Å². The summed E-state index contributed by atoms with van der Waals surface area (Å²) >= 11 is 0. The van der Waals surface area contributed by atoms with Crippen molar-refractivity contribution in [3.05, 3.63) is 35.1 Å². The molecule has 0 radical (unpaired) electrons. The highest BCUT2D eigenvalue weighted by Crippen LogP contribution is 2.39. The summed E-state index contributed by atoms with van der Waals surface area (Å²) in [5.41, 5.74) is 8.42. The van der Waals surface area contributed by atoms with Gasteiger partial charge in [0.05, 0.1) is 0 Å². The molecule has 0 amide bonds. The van der Waals surface area contributed by atoms with E-state index in [1.54, 1.807) is 6.07 Å². The Kier molecular flexibility index (Phi) is 2.55. The van der Waals surface area contributed by atoms with Gasteiger partial charge in [-0.25, -0.2) is 4.39 Å². The molecule has 0 heterocycles. The Balaban J connectivity index is 2.35. The van der Waals surface area contributed by atoms with Crippen LogP contribution in [0, 0.1) is 11.7 Å². The van der Waals surface area contributed by atoms with Crippen LogP contribution in [0.4, 0.5) is 4.39 Å². The molecule has 0 saturated carbocycles. The molecule has 0 saturated heterocycles. The summed E-state index contributed by atoms with van der Waals surface area (Å²) in [6.07, 6.45) is 2.84. The van der Waals surface area contributed by atoms with Crippen molar-refractivity contribution in [1.82, 2.24) is 0 Å². The van der Waals surface area contributed by atoms with E-state index in [0.717, 1.165) is 30.4 Å². The van der Waals surface area contributed by atoms with Crippen LogP contribution in [-0.4, -0.2) is 0 Å². The molecule has 2 N–H and O–H groups in total. The van der Waals surface area contributed by atoms with Gasteiger partial charge in [0.2, 0.25) is 0 Å². The number of rotatable bonds is 2. The van der Waals surface area contributed by atoms with Crippen molar-refractivity contribution >= 4 is 0 Å². The minimum atomic E-state index is -0.225. The number of nitrogens with two attached hydrogens (primary N) is 1. The van der Waals surface area contributed by atoms with Gasteiger partial charge < -0.3 is 5.73 Å². The minimum Gasteiger partial charge on any atom is -0.321 e. The molecule has 0 spiro atoms. The molecule has 0 bridgehead atoms. The van der Waals surface area contributed by atoms with Crippen LogP contribution in [0.5, 0.6) is 0 Å². The highest BCUT2D eigenvalue weighted by Gasteiger charge is 2.35. The number of hydrogen-bond donors (Lipinski definition) is 1. The van der Waals surface area contributed by atoms with E-state index in [2.05, 4.69) is 13.8 Å². The van der Waals surface area contributed by atoms with Gasteiger partial charge in [-0.05, 0) is 48.4 Å². The largest absolute Gasteiger partial charge is 0.321 e. The van der Waals surface area contributed by atoms with E-state index in [1.807, 2.05) is 6.07 Å². The fourth-order valence-corrected chi connectivity index (χ4v) is 2.69. The number of hydrogen-bond acceptors (Lipinski definition) is 1. The summed E-state index contributed by atoms with van der Waals surface area (Å²) < 4.78 is 13.0. The second kappa shape index (κ2) is 3.60. The first-order chi connectivity index (χ1) is 7.01. The lowest BCUT2D eigenvalue weighted by atomic mass is 9.85. The third-order valence-electron chi connectivity index (χ3n) is 3.22. The van der Waals surface area contributed by atoms with Gasteiger partial charge in [-0.15, -0.1) is 0 Å². The summed E-state index contributed by atoms with van der Waals surface area (Å²) in [4.78, 5) is 0. The Morgan fingerprint density at radius 1 is 1.47 bits per heavy atom. The molecule has 1 nitrogen and oxygen atoms in total. The second-order valence-electron chi connectivity index (χ2n) is 5.06. The van der Waals surface area contributed by atoms with Crippen LogP contribution < -0.4 is 5.73 Å². The average Bonchev–Trinajstić information content (AvgIpc) is 2.42. The van der Waals surface area contributed by atoms with E-state index in [0.29, 0.717) is 5.92 Å². The Morgan fingerprint density at radius 2 is 2.20 bits per heavy atom. The molecule has 1 aliphatic carbocycles. The zero-order valence-corrected chi connectivity index (χ0v) is 9.39. The molecule has 2 heteroatoms. The monoisotopic (exact) mass is 207 g/mol. The van der Waals surface area contributed by atoms with E-state index in [9.17, 15) is 4.39 Å². The molecular formula is C13H18FN. The van der Waals surface area contributed by atoms with E-state index in [1.165, 1.54) is 6.07 Å². The average molecular weight is 207 g/mol. The van der Waals surface area contributed by atoms with Crippen molar-refractivity contribution in [3.8, 4) is 0 Å². The second-order valence-corrected chi connectivity index (χ2v) is 5.06. The first kappa shape index (κ1) is 10.6. The van der Waals surface area contributed by atoms with Crippen LogP contribution >= 0.6 is 0 Å². The summed E-state index contributed by atoms with van der Waals surface area (Å²) in [6.45, 7) is 4.35. The Bertz CT molecular complexity index is 373. The predicted octanol–water partition coefficient (Wildman–Crippen LogP) is 2.97. The zero-order chi connectivity index (χ0) is 11.1. The third kappa shape index (κ3) is 1.91. The SMILES string of the molecule is CC(C)CC1(N)CCc2cc(F)ccc21. The van der Waals surface area contributed by atoms with Crippen LogP contribution in [0.15, 0.2) is 18.2 Å². The minimum absolute atomic E-state index is 0.150. The van der Waals surface area contributed by atoms with Gasteiger partial charge >= 0.3 is 0 Å². The van der Waals surface area contributed by atoms with Crippen LogP contribution in [-0.2, 0) is 12.0 Å². The highest BCUT2D eigenvalue weighted by atomic mass is 19.1. The normalized spacial score (nSPS) is 24.6. The Morgan fingerprint density at radius 3 is 2.87 bits per heavy atom. The lowest BCUT2D eigenvalue weighted by Gasteiger charge is -2.27. The molecule has 1 aromatic carbocycles. The smallest absolute Gasteiger partial charge is 0.123 e. The van der Waals surface area contributed by atoms with E-state index < -0.39 is 0 Å². The summed E-state index contributed by atoms with van der Waals surface area (Å²) in [5, 5.41) is 0. The Hall–Kier alpha value is -0.890. The predicted molar refractivity (Wildman–Crippen MR) is 60.0 cm³/mol.